The molecule has 5 fully saturated rings. The van der Waals surface area contributed by atoms with E-state index in [-0.39, 0.29) is 47.8 Å². The summed E-state index contributed by atoms with van der Waals surface area (Å²) < 4.78 is 9.60. The van der Waals surface area contributed by atoms with E-state index in [9.17, 15) is 19.2 Å². The van der Waals surface area contributed by atoms with Crippen molar-refractivity contribution in [1.29, 1.82) is 0 Å². The van der Waals surface area contributed by atoms with Crippen molar-refractivity contribution in [2.75, 3.05) is 14.2 Å². The first kappa shape index (κ1) is 38.8. The van der Waals surface area contributed by atoms with Gasteiger partial charge in [-0.1, -0.05) is 76.2 Å². The Morgan fingerprint density at radius 2 is 1.00 bits per heavy atom. The lowest BCUT2D eigenvalue weighted by Gasteiger charge is -2.31. The van der Waals surface area contributed by atoms with Crippen molar-refractivity contribution in [1.82, 2.24) is 40.4 Å². The maximum absolute atomic E-state index is 13.8. The first-order chi connectivity index (χ1) is 28.4. The summed E-state index contributed by atoms with van der Waals surface area (Å²) in [6.07, 6.45) is 7.29. The number of rotatable bonds is 12. The number of carbonyl (C=O) groups is 4. The van der Waals surface area contributed by atoms with Gasteiger partial charge in [0.2, 0.25) is 11.8 Å². The second-order valence-electron chi connectivity index (χ2n) is 17.9. The first-order valence-electron chi connectivity index (χ1n) is 21.1. The van der Waals surface area contributed by atoms with Crippen molar-refractivity contribution in [3.05, 3.63) is 83.7 Å². The van der Waals surface area contributed by atoms with Crippen LogP contribution in [0.15, 0.2) is 60.9 Å². The molecule has 0 radical (unpaired) electrons. The van der Waals surface area contributed by atoms with Gasteiger partial charge in [0.1, 0.15) is 23.7 Å². The Bertz CT molecular complexity index is 2080. The molecule has 5 aliphatic rings. The second-order valence-corrected chi connectivity index (χ2v) is 17.9. The summed E-state index contributed by atoms with van der Waals surface area (Å²) in [5.74, 6) is 3.03. The van der Waals surface area contributed by atoms with Gasteiger partial charge >= 0.3 is 12.2 Å². The Kier molecular flexibility index (Phi) is 9.99. The minimum absolute atomic E-state index is 0.0864. The van der Waals surface area contributed by atoms with Crippen LogP contribution in [-0.2, 0) is 19.1 Å². The summed E-state index contributed by atoms with van der Waals surface area (Å²) >= 11 is 0. The van der Waals surface area contributed by atoms with E-state index in [1.54, 1.807) is 0 Å². The molecule has 2 aliphatic heterocycles. The number of H-pyrrole nitrogens is 2. The number of nitrogens with zero attached hydrogens (tertiary/aromatic N) is 4. The third-order valence-corrected chi connectivity index (χ3v) is 13.4. The normalized spacial score (nSPS) is 27.2. The molecule has 2 saturated heterocycles. The van der Waals surface area contributed by atoms with Gasteiger partial charge in [0, 0.05) is 12.1 Å². The van der Waals surface area contributed by atoms with Crippen LogP contribution in [0.4, 0.5) is 9.59 Å². The number of alkyl carbamates (subject to hydrolysis) is 2. The van der Waals surface area contributed by atoms with E-state index in [1.807, 2.05) is 49.9 Å². The van der Waals surface area contributed by atoms with Gasteiger partial charge in [-0.05, 0) is 89.9 Å². The van der Waals surface area contributed by atoms with Gasteiger partial charge in [-0.3, -0.25) is 9.59 Å². The van der Waals surface area contributed by atoms with Gasteiger partial charge in [-0.2, -0.15) is 0 Å². The molecule has 14 nitrogen and oxygen atoms in total. The van der Waals surface area contributed by atoms with Crippen LogP contribution in [0, 0.1) is 23.7 Å². The van der Waals surface area contributed by atoms with Crippen LogP contribution in [0.1, 0.15) is 106 Å². The summed E-state index contributed by atoms with van der Waals surface area (Å²) in [5, 5.41) is 5.49. The minimum Gasteiger partial charge on any atom is -0.453 e. The monoisotopic (exact) mass is 802 g/mol. The van der Waals surface area contributed by atoms with Crippen LogP contribution in [-0.4, -0.2) is 92.1 Å². The highest BCUT2D eigenvalue weighted by Gasteiger charge is 2.57. The standard InChI is InChI=1S/C45H54N8O6/c1-22(2)38(50-44(56)58-5)42(54)52-34-15-28(34)17-36(52)40-46-20-32(48-40)26-11-7-24(8-12-26)30-19-31(30)25-9-13-27(14-10-25)33-21-47-41(49-33)37-18-29-16-35(29)53(37)43(55)39(23(3)4)51-45(57)59-6/h7-14,20-23,28-31,34-39H,15-19H2,1-6H3,(H,46,48)(H,47,49)(H,50,56)(H,51,57)/t28-,29-,30-,31-,34-,35-,36+,37+,38+,39+/m1/s1. The lowest BCUT2D eigenvalue weighted by atomic mass is 10.0. The number of imidazole rings is 2. The molecule has 4 aromatic rings. The zero-order valence-corrected chi connectivity index (χ0v) is 34.5. The first-order valence-corrected chi connectivity index (χ1v) is 21.1. The number of carbonyl (C=O) groups excluding carboxylic acids is 4. The van der Waals surface area contributed by atoms with Crippen LogP contribution in [0.5, 0.6) is 0 Å². The number of hydrogen-bond acceptors (Lipinski definition) is 8. The average Bonchev–Trinajstić information content (AvgIpc) is 4.16. The lowest BCUT2D eigenvalue weighted by Crippen LogP contribution is -2.52. The third kappa shape index (κ3) is 7.35. The number of likely N-dealkylation sites (tertiary alicyclic amines) is 2. The van der Waals surface area contributed by atoms with E-state index >= 15 is 0 Å². The fourth-order valence-electron chi connectivity index (χ4n) is 9.81. The molecule has 310 valence electrons. The molecule has 9 rings (SSSR count). The number of methoxy groups -OCH3 is 2. The van der Waals surface area contributed by atoms with Gasteiger partial charge in [0.15, 0.2) is 0 Å². The minimum atomic E-state index is -0.665. The Morgan fingerprint density at radius 1 is 0.610 bits per heavy atom. The van der Waals surface area contributed by atoms with E-state index in [4.69, 9.17) is 19.4 Å². The topological polar surface area (TPSA) is 175 Å². The Labute approximate surface area is 344 Å². The van der Waals surface area contributed by atoms with E-state index < -0.39 is 24.3 Å². The fraction of sp³-hybridized carbons (Fsp3) is 0.511. The molecule has 4 heterocycles. The van der Waals surface area contributed by atoms with E-state index in [0.29, 0.717) is 23.7 Å². The van der Waals surface area contributed by atoms with Gasteiger partial charge in [0.25, 0.3) is 0 Å². The van der Waals surface area contributed by atoms with Crippen LogP contribution in [0.2, 0.25) is 0 Å². The van der Waals surface area contributed by atoms with Crippen LogP contribution < -0.4 is 10.6 Å². The number of piperidine rings is 2. The van der Waals surface area contributed by atoms with Gasteiger partial charge < -0.3 is 39.9 Å². The molecule has 0 bridgehead atoms. The van der Waals surface area contributed by atoms with E-state index in [0.717, 1.165) is 66.3 Å². The van der Waals surface area contributed by atoms with Crippen molar-refractivity contribution < 1.29 is 28.7 Å². The quantitative estimate of drug-likeness (QED) is 0.121. The zero-order valence-electron chi connectivity index (χ0n) is 34.5. The van der Waals surface area contributed by atoms with Crippen molar-refractivity contribution in [2.45, 2.75) is 108 Å². The number of fused-ring (bicyclic) bond motifs is 2. The predicted octanol–water partition coefficient (Wildman–Crippen LogP) is 6.82. The average molecular weight is 803 g/mol. The molecule has 59 heavy (non-hydrogen) atoms. The summed E-state index contributed by atoms with van der Waals surface area (Å²) in [6, 6.07) is 16.1. The Balaban J connectivity index is 0.827. The van der Waals surface area contributed by atoms with Crippen molar-refractivity contribution in [3.8, 4) is 22.5 Å². The highest BCUT2D eigenvalue weighted by Crippen LogP contribution is 2.56. The van der Waals surface area contributed by atoms with Gasteiger partial charge in [-0.15, -0.1) is 0 Å². The lowest BCUT2D eigenvalue weighted by molar-refractivity contribution is -0.137. The van der Waals surface area contributed by atoms with Crippen molar-refractivity contribution >= 4 is 24.0 Å². The van der Waals surface area contributed by atoms with Crippen LogP contribution in [0.25, 0.3) is 22.5 Å². The van der Waals surface area contributed by atoms with Crippen LogP contribution >= 0.6 is 0 Å². The Hall–Kier alpha value is -5.66. The SMILES string of the molecule is COC(=O)N[C@H](C(=O)N1[C@@H]2C[C@@H]2C[C@H]1c1ncc(-c2ccc([C@H]3C[C@@H]3c3ccc(-c4cnc([C@@H]5C[C@H]6C[C@H]6N5C(=O)[C@@H](NC(=O)OC)C(C)C)[nH]4)cc3)cc2)[nH]1)C(C)C. The number of ether oxygens (including phenoxy) is 2. The molecule has 0 unspecified atom stereocenters. The Morgan fingerprint density at radius 3 is 1.36 bits per heavy atom. The molecule has 2 aromatic carbocycles. The predicted molar refractivity (Wildman–Crippen MR) is 219 cm³/mol. The number of hydrogen-bond donors (Lipinski definition) is 4. The highest BCUT2D eigenvalue weighted by molar-refractivity contribution is 5.88. The zero-order chi connectivity index (χ0) is 41.3. The molecular formula is C45H54N8O6. The van der Waals surface area contributed by atoms with Crippen molar-refractivity contribution in [3.63, 3.8) is 0 Å². The molecule has 4 amide bonds. The maximum atomic E-state index is 13.8. The number of amides is 4. The largest absolute Gasteiger partial charge is 0.453 e. The summed E-state index contributed by atoms with van der Waals surface area (Å²) in [4.78, 5) is 72.1. The molecule has 14 heteroatoms. The summed E-state index contributed by atoms with van der Waals surface area (Å²) in [5.41, 5.74) is 6.53. The van der Waals surface area contributed by atoms with E-state index in [2.05, 4.69) is 69.1 Å². The van der Waals surface area contributed by atoms with Gasteiger partial charge in [0.05, 0.1) is 50.1 Å². The maximum Gasteiger partial charge on any atom is 0.407 e. The van der Waals surface area contributed by atoms with Crippen molar-refractivity contribution in [2.24, 2.45) is 23.7 Å². The smallest absolute Gasteiger partial charge is 0.407 e. The van der Waals surface area contributed by atoms with Crippen LogP contribution in [0.3, 0.4) is 0 Å². The molecule has 4 N–H and O–H groups in total. The molecule has 2 aromatic heterocycles. The number of nitrogens with one attached hydrogen (secondary N) is 4. The fourth-order valence-corrected chi connectivity index (χ4v) is 9.81. The third-order valence-electron chi connectivity index (χ3n) is 13.4. The molecule has 0 spiro atoms. The number of aromatic amines is 2. The molecule has 3 aliphatic carbocycles. The summed E-state index contributed by atoms with van der Waals surface area (Å²) in [6.45, 7) is 7.71. The summed E-state index contributed by atoms with van der Waals surface area (Å²) in [7, 11) is 2.62. The molecule has 10 atom stereocenters. The molecular weight excluding hydrogens is 749 g/mol. The number of aromatic nitrogens is 4. The highest BCUT2D eigenvalue weighted by atomic mass is 16.5. The number of benzene rings is 2. The second kappa shape index (κ2) is 15.2. The van der Waals surface area contributed by atoms with Gasteiger partial charge in [-0.25, -0.2) is 19.6 Å². The molecule has 3 saturated carbocycles. The van der Waals surface area contributed by atoms with E-state index in [1.165, 1.54) is 25.3 Å².